The highest BCUT2D eigenvalue weighted by Crippen LogP contribution is 2.39. The fourth-order valence-corrected chi connectivity index (χ4v) is 4.29. The Morgan fingerprint density at radius 3 is 2.32 bits per heavy atom. The summed E-state index contributed by atoms with van der Waals surface area (Å²) < 4.78 is 16.3. The molecule has 0 aromatic carbocycles. The monoisotopic (exact) mass is 428 g/mol. The number of carbonyl (C=O) groups is 2. The van der Waals surface area contributed by atoms with Crippen molar-refractivity contribution >= 4 is 11.9 Å². The van der Waals surface area contributed by atoms with Gasteiger partial charge in [-0.2, -0.15) is 0 Å². The summed E-state index contributed by atoms with van der Waals surface area (Å²) in [6.07, 6.45) is 9.49. The molecule has 0 amide bonds. The van der Waals surface area contributed by atoms with Gasteiger partial charge in [-0.25, -0.2) is 9.59 Å². The van der Waals surface area contributed by atoms with Crippen molar-refractivity contribution in [3.05, 3.63) is 52.6 Å². The van der Waals surface area contributed by atoms with Crippen molar-refractivity contribution in [3.63, 3.8) is 0 Å². The quantitative estimate of drug-likeness (QED) is 0.402. The van der Waals surface area contributed by atoms with E-state index in [9.17, 15) is 9.59 Å². The van der Waals surface area contributed by atoms with Gasteiger partial charge in [-0.15, -0.1) is 0 Å². The average molecular weight is 429 g/mol. The lowest BCUT2D eigenvalue weighted by Crippen LogP contribution is -2.34. The Bertz CT molecular complexity index is 839. The van der Waals surface area contributed by atoms with Crippen LogP contribution < -0.4 is 5.32 Å². The van der Waals surface area contributed by atoms with E-state index in [2.05, 4.69) is 10.3 Å². The van der Waals surface area contributed by atoms with Crippen molar-refractivity contribution in [1.82, 2.24) is 10.3 Å². The summed E-state index contributed by atoms with van der Waals surface area (Å²) in [5.74, 6) is -1.48. The largest absolute Gasteiger partial charge is 0.460 e. The lowest BCUT2D eigenvalue weighted by atomic mass is 9.81. The summed E-state index contributed by atoms with van der Waals surface area (Å²) in [7, 11) is 1.55. The molecule has 1 aliphatic carbocycles. The highest BCUT2D eigenvalue weighted by atomic mass is 16.6. The number of rotatable bonds is 7. The van der Waals surface area contributed by atoms with Gasteiger partial charge < -0.3 is 19.5 Å². The smallest absolute Gasteiger partial charge is 0.337 e. The number of esters is 2. The van der Waals surface area contributed by atoms with Crippen molar-refractivity contribution in [1.29, 1.82) is 0 Å². The van der Waals surface area contributed by atoms with Crippen LogP contribution in [0.25, 0.3) is 0 Å². The minimum absolute atomic E-state index is 0.0889. The van der Waals surface area contributed by atoms with Crippen LogP contribution in [0.2, 0.25) is 0 Å². The Hall–Kier alpha value is -2.67. The third-order valence-electron chi connectivity index (χ3n) is 5.81. The van der Waals surface area contributed by atoms with E-state index in [4.69, 9.17) is 14.2 Å². The molecule has 31 heavy (non-hydrogen) atoms. The summed E-state index contributed by atoms with van der Waals surface area (Å²) in [5.41, 5.74) is 2.90. The fraction of sp³-hybridized carbons (Fsp3) is 0.542. The first kappa shape index (κ1) is 23.0. The number of methoxy groups -OCH3 is 1. The molecule has 0 spiro atoms. The van der Waals surface area contributed by atoms with E-state index in [-0.39, 0.29) is 18.7 Å². The van der Waals surface area contributed by atoms with Gasteiger partial charge in [0.25, 0.3) is 0 Å². The summed E-state index contributed by atoms with van der Waals surface area (Å²) in [5, 5.41) is 3.19. The molecule has 7 heteroatoms. The molecular formula is C24H32N2O5. The number of pyridine rings is 1. The zero-order chi connectivity index (χ0) is 22.2. The number of allylic oxidation sites excluding steroid dienone is 2. The highest BCUT2D eigenvalue weighted by molar-refractivity contribution is 5.99. The maximum Gasteiger partial charge on any atom is 0.337 e. The molecule has 2 heterocycles. The normalized spacial score (nSPS) is 20.2. The van der Waals surface area contributed by atoms with Crippen LogP contribution in [-0.2, 0) is 23.8 Å². The van der Waals surface area contributed by atoms with Gasteiger partial charge in [0.1, 0.15) is 12.7 Å². The van der Waals surface area contributed by atoms with Gasteiger partial charge >= 0.3 is 11.9 Å². The van der Waals surface area contributed by atoms with Crippen LogP contribution in [0.3, 0.4) is 0 Å². The molecule has 1 unspecified atom stereocenters. The molecule has 7 nitrogen and oxygen atoms in total. The van der Waals surface area contributed by atoms with E-state index < -0.39 is 11.9 Å². The molecule has 0 radical (unpaired) electrons. The van der Waals surface area contributed by atoms with Gasteiger partial charge in [0.05, 0.1) is 23.7 Å². The molecule has 0 saturated heterocycles. The number of ether oxygens (including phenoxy) is 3. The Kier molecular flexibility index (Phi) is 8.23. The summed E-state index contributed by atoms with van der Waals surface area (Å²) in [6, 6.07) is 3.66. The molecule has 1 atom stereocenters. The lowest BCUT2D eigenvalue weighted by molar-refractivity contribution is -0.145. The van der Waals surface area contributed by atoms with Crippen molar-refractivity contribution in [2.75, 3.05) is 20.3 Å². The number of carbonyl (C=O) groups excluding carboxylic acids is 2. The Morgan fingerprint density at radius 2 is 1.71 bits per heavy atom. The fourth-order valence-electron chi connectivity index (χ4n) is 4.29. The van der Waals surface area contributed by atoms with Gasteiger partial charge in [-0.1, -0.05) is 18.9 Å². The second-order valence-corrected chi connectivity index (χ2v) is 8.07. The molecule has 1 fully saturated rings. The van der Waals surface area contributed by atoms with Gasteiger partial charge in [0, 0.05) is 30.9 Å². The minimum atomic E-state index is -0.608. The van der Waals surface area contributed by atoms with Crippen LogP contribution in [0.15, 0.2) is 47.1 Å². The number of nitrogens with zero attached hydrogens (tertiary/aromatic N) is 1. The standard InChI is InChI=1S/C24H32N2O5/c1-16-20(23(27)30-14-13-29-3)22(18-9-8-12-25-15-18)21(17(2)26-16)24(28)31-19-10-6-4-5-7-11-19/h8-9,12,15,19,22,26H,4-7,10-11,13-14H2,1-3H3. The van der Waals surface area contributed by atoms with Crippen molar-refractivity contribution in [2.24, 2.45) is 0 Å². The molecule has 2 aliphatic rings. The number of dihydropyridines is 1. The first-order valence-corrected chi connectivity index (χ1v) is 11.0. The molecule has 1 saturated carbocycles. The van der Waals surface area contributed by atoms with E-state index in [1.165, 1.54) is 12.8 Å². The zero-order valence-electron chi connectivity index (χ0n) is 18.6. The summed E-state index contributed by atoms with van der Waals surface area (Å²) in [4.78, 5) is 30.6. The maximum absolute atomic E-state index is 13.4. The molecule has 1 aliphatic heterocycles. The topological polar surface area (TPSA) is 86.8 Å². The highest BCUT2D eigenvalue weighted by Gasteiger charge is 2.38. The predicted molar refractivity (Wildman–Crippen MR) is 116 cm³/mol. The SMILES string of the molecule is COCCOC(=O)C1=C(C)NC(C)=C(C(=O)OC2CCCCCC2)C1c1cccnc1. The Labute approximate surface area is 183 Å². The van der Waals surface area contributed by atoms with Crippen LogP contribution in [0, 0.1) is 0 Å². The lowest BCUT2D eigenvalue weighted by Gasteiger charge is -2.31. The molecule has 168 valence electrons. The number of aromatic nitrogens is 1. The molecule has 1 N–H and O–H groups in total. The van der Waals surface area contributed by atoms with Gasteiger partial charge in [0.15, 0.2) is 0 Å². The maximum atomic E-state index is 13.4. The molecule has 0 bridgehead atoms. The first-order valence-electron chi connectivity index (χ1n) is 11.0. The number of hydrogen-bond donors (Lipinski definition) is 1. The van der Waals surface area contributed by atoms with Gasteiger partial charge in [0.2, 0.25) is 0 Å². The minimum Gasteiger partial charge on any atom is -0.460 e. The van der Waals surface area contributed by atoms with Crippen LogP contribution in [0.1, 0.15) is 63.9 Å². The van der Waals surface area contributed by atoms with Crippen molar-refractivity contribution < 1.29 is 23.8 Å². The van der Waals surface area contributed by atoms with Gasteiger partial charge in [-0.3, -0.25) is 4.98 Å². The van der Waals surface area contributed by atoms with Gasteiger partial charge in [-0.05, 0) is 51.2 Å². The van der Waals surface area contributed by atoms with Crippen molar-refractivity contribution in [2.45, 2.75) is 64.4 Å². The first-order chi connectivity index (χ1) is 15.0. The van der Waals surface area contributed by atoms with E-state index in [1.807, 2.05) is 19.9 Å². The molecule has 3 rings (SSSR count). The molecule has 1 aromatic rings. The molecular weight excluding hydrogens is 396 g/mol. The van der Waals surface area contributed by atoms with Crippen LogP contribution >= 0.6 is 0 Å². The van der Waals surface area contributed by atoms with Crippen LogP contribution in [0.4, 0.5) is 0 Å². The second kappa shape index (κ2) is 11.1. The van der Waals surface area contributed by atoms with E-state index in [1.54, 1.807) is 25.6 Å². The third kappa shape index (κ3) is 5.73. The third-order valence-corrected chi connectivity index (χ3v) is 5.81. The Balaban J connectivity index is 1.93. The number of nitrogens with one attached hydrogen (secondary N) is 1. The van der Waals surface area contributed by atoms with Crippen LogP contribution in [0.5, 0.6) is 0 Å². The second-order valence-electron chi connectivity index (χ2n) is 8.07. The van der Waals surface area contributed by atoms with Crippen LogP contribution in [-0.4, -0.2) is 43.4 Å². The predicted octanol–water partition coefficient (Wildman–Crippen LogP) is 3.77. The van der Waals surface area contributed by atoms with Crippen molar-refractivity contribution in [3.8, 4) is 0 Å². The average Bonchev–Trinajstić information content (AvgIpc) is 3.02. The summed E-state index contributed by atoms with van der Waals surface area (Å²) in [6.45, 7) is 4.09. The number of hydrogen-bond acceptors (Lipinski definition) is 7. The molecule has 1 aromatic heterocycles. The van der Waals surface area contributed by atoms with E-state index >= 15 is 0 Å². The van der Waals surface area contributed by atoms with E-state index in [0.29, 0.717) is 29.1 Å². The Morgan fingerprint density at radius 1 is 1.03 bits per heavy atom. The summed E-state index contributed by atoms with van der Waals surface area (Å²) >= 11 is 0. The zero-order valence-corrected chi connectivity index (χ0v) is 18.6. The van der Waals surface area contributed by atoms with E-state index in [0.717, 1.165) is 31.2 Å².